The lowest BCUT2D eigenvalue weighted by atomic mass is 10.1. The highest BCUT2D eigenvalue weighted by molar-refractivity contribution is 4.86. The van der Waals surface area contributed by atoms with Gasteiger partial charge >= 0.3 is 0 Å². The van der Waals surface area contributed by atoms with Crippen molar-refractivity contribution in [3.05, 3.63) is 0 Å². The second kappa shape index (κ2) is 6.72. The molecule has 0 spiro atoms. The fraction of sp³-hybridized carbons (Fsp3) is 1.00. The Hall–Kier alpha value is -0.120. The molecule has 3 nitrogen and oxygen atoms in total. The summed E-state index contributed by atoms with van der Waals surface area (Å²) >= 11 is 0. The van der Waals surface area contributed by atoms with Gasteiger partial charge in [0.25, 0.3) is 0 Å². The number of rotatable bonds is 5. The summed E-state index contributed by atoms with van der Waals surface area (Å²) in [7, 11) is 0. The van der Waals surface area contributed by atoms with Crippen LogP contribution in [0.1, 0.15) is 39.5 Å². The molecule has 1 N–H and O–H groups in total. The van der Waals surface area contributed by atoms with E-state index in [0.29, 0.717) is 0 Å². The molecule has 0 saturated carbocycles. The van der Waals surface area contributed by atoms with Crippen LogP contribution in [-0.4, -0.2) is 61.2 Å². The zero-order valence-electron chi connectivity index (χ0n) is 11.6. The largest absolute Gasteiger partial charge is 0.317 e. The Kier molecular flexibility index (Phi) is 5.26. The lowest BCUT2D eigenvalue weighted by molar-refractivity contribution is 0.175. The van der Waals surface area contributed by atoms with Crippen molar-refractivity contribution < 1.29 is 0 Å². The molecule has 0 aromatic carbocycles. The van der Waals surface area contributed by atoms with Crippen LogP contribution in [0.4, 0.5) is 0 Å². The fourth-order valence-electron chi connectivity index (χ4n) is 3.31. The molecule has 0 amide bonds. The first-order chi connectivity index (χ1) is 8.31. The minimum atomic E-state index is 0.745. The topological polar surface area (TPSA) is 18.5 Å². The third-order valence-electron chi connectivity index (χ3n) is 4.45. The van der Waals surface area contributed by atoms with Crippen LogP contribution >= 0.6 is 0 Å². The van der Waals surface area contributed by atoms with E-state index in [1.165, 1.54) is 58.4 Å². The van der Waals surface area contributed by atoms with Gasteiger partial charge in [-0.15, -0.1) is 0 Å². The summed E-state index contributed by atoms with van der Waals surface area (Å²) in [5.74, 6) is 0. The van der Waals surface area contributed by atoms with E-state index < -0.39 is 0 Å². The van der Waals surface area contributed by atoms with Gasteiger partial charge in [0, 0.05) is 18.6 Å². The van der Waals surface area contributed by atoms with E-state index in [-0.39, 0.29) is 0 Å². The third kappa shape index (κ3) is 3.67. The highest BCUT2D eigenvalue weighted by atomic mass is 15.3. The van der Waals surface area contributed by atoms with E-state index in [2.05, 4.69) is 29.0 Å². The molecule has 0 aromatic heterocycles. The molecular formula is C14H29N3. The first-order valence-electron chi connectivity index (χ1n) is 7.50. The van der Waals surface area contributed by atoms with Gasteiger partial charge in [-0.1, -0.05) is 6.92 Å². The summed E-state index contributed by atoms with van der Waals surface area (Å²) in [5, 5.41) is 3.44. The molecule has 2 aliphatic heterocycles. The molecule has 0 aliphatic carbocycles. The summed E-state index contributed by atoms with van der Waals surface area (Å²) in [6, 6.07) is 1.61. The Bertz CT molecular complexity index is 220. The number of nitrogens with one attached hydrogen (secondary N) is 1. The number of fused-ring (bicyclic) bond motifs is 1. The summed E-state index contributed by atoms with van der Waals surface area (Å²) in [5.41, 5.74) is 0. The Morgan fingerprint density at radius 3 is 2.88 bits per heavy atom. The van der Waals surface area contributed by atoms with Crippen LogP contribution in [0.25, 0.3) is 0 Å². The van der Waals surface area contributed by atoms with Gasteiger partial charge in [-0.25, -0.2) is 0 Å². The Morgan fingerprint density at radius 1 is 1.24 bits per heavy atom. The molecule has 2 rings (SSSR count). The van der Waals surface area contributed by atoms with Crippen LogP contribution in [0, 0.1) is 0 Å². The van der Waals surface area contributed by atoms with Crippen molar-refractivity contribution in [2.24, 2.45) is 0 Å². The van der Waals surface area contributed by atoms with Crippen LogP contribution in [0.2, 0.25) is 0 Å². The van der Waals surface area contributed by atoms with Crippen molar-refractivity contribution >= 4 is 0 Å². The van der Waals surface area contributed by atoms with Crippen molar-refractivity contribution in [1.82, 2.24) is 15.1 Å². The average molecular weight is 239 g/mol. The first kappa shape index (κ1) is 13.3. The monoisotopic (exact) mass is 239 g/mol. The van der Waals surface area contributed by atoms with E-state index in [9.17, 15) is 0 Å². The molecule has 2 saturated heterocycles. The molecular weight excluding hydrogens is 210 g/mol. The van der Waals surface area contributed by atoms with E-state index >= 15 is 0 Å². The van der Waals surface area contributed by atoms with Crippen LogP contribution in [0.15, 0.2) is 0 Å². The third-order valence-corrected chi connectivity index (χ3v) is 4.45. The summed E-state index contributed by atoms with van der Waals surface area (Å²) in [6.07, 6.45) is 5.50. The minimum Gasteiger partial charge on any atom is -0.317 e. The predicted octanol–water partition coefficient (Wildman–Crippen LogP) is 1.54. The molecule has 0 bridgehead atoms. The molecule has 0 radical (unpaired) electrons. The van der Waals surface area contributed by atoms with Gasteiger partial charge in [0.15, 0.2) is 0 Å². The molecule has 2 aliphatic rings. The fourth-order valence-corrected chi connectivity index (χ4v) is 3.31. The summed E-state index contributed by atoms with van der Waals surface area (Å²) in [6.45, 7) is 12.2. The number of nitrogens with zero attached hydrogens (tertiary/aromatic N) is 2. The van der Waals surface area contributed by atoms with Gasteiger partial charge in [-0.2, -0.15) is 0 Å². The molecule has 2 heterocycles. The van der Waals surface area contributed by atoms with Crippen molar-refractivity contribution in [2.75, 3.05) is 39.3 Å². The maximum absolute atomic E-state index is 3.44. The van der Waals surface area contributed by atoms with Crippen molar-refractivity contribution in [2.45, 2.75) is 51.6 Å². The van der Waals surface area contributed by atoms with Crippen LogP contribution in [0.3, 0.4) is 0 Å². The van der Waals surface area contributed by atoms with Gasteiger partial charge in [0.1, 0.15) is 0 Å². The van der Waals surface area contributed by atoms with Gasteiger partial charge in [-0.3, -0.25) is 9.80 Å². The van der Waals surface area contributed by atoms with Gasteiger partial charge in [0.2, 0.25) is 0 Å². The summed E-state index contributed by atoms with van der Waals surface area (Å²) < 4.78 is 0. The molecule has 2 fully saturated rings. The van der Waals surface area contributed by atoms with E-state index in [1.807, 2.05) is 0 Å². The second-order valence-electron chi connectivity index (χ2n) is 5.67. The molecule has 17 heavy (non-hydrogen) atoms. The lowest BCUT2D eigenvalue weighted by Gasteiger charge is -2.30. The van der Waals surface area contributed by atoms with Crippen LogP contribution in [0.5, 0.6) is 0 Å². The van der Waals surface area contributed by atoms with Gasteiger partial charge in [-0.05, 0) is 65.3 Å². The van der Waals surface area contributed by atoms with Gasteiger partial charge < -0.3 is 5.32 Å². The first-order valence-corrected chi connectivity index (χ1v) is 7.50. The van der Waals surface area contributed by atoms with Gasteiger partial charge in [0.05, 0.1) is 0 Å². The normalized spacial score (nSPS) is 28.9. The van der Waals surface area contributed by atoms with Crippen molar-refractivity contribution in [3.63, 3.8) is 0 Å². The molecule has 100 valence electrons. The average Bonchev–Trinajstić information content (AvgIpc) is 2.66. The summed E-state index contributed by atoms with van der Waals surface area (Å²) in [4.78, 5) is 5.45. The quantitative estimate of drug-likeness (QED) is 0.734. The Morgan fingerprint density at radius 2 is 2.06 bits per heavy atom. The van der Waals surface area contributed by atoms with Crippen molar-refractivity contribution in [1.29, 1.82) is 0 Å². The Balaban J connectivity index is 1.79. The molecule has 2 atom stereocenters. The lowest BCUT2D eigenvalue weighted by Crippen LogP contribution is -2.41. The highest BCUT2D eigenvalue weighted by Gasteiger charge is 2.29. The SMILES string of the molecule is CCNCCC(C)N1CCCN2CCCC2C1. The van der Waals surface area contributed by atoms with E-state index in [4.69, 9.17) is 0 Å². The standard InChI is InChI=1S/C14H29N3/c1-3-15-8-7-13(2)17-11-5-10-16-9-4-6-14(16)12-17/h13-15H,3-12H2,1-2H3. The zero-order chi connectivity index (χ0) is 12.1. The maximum atomic E-state index is 3.44. The molecule has 3 heteroatoms. The molecule has 0 aromatic rings. The minimum absolute atomic E-state index is 0.745. The van der Waals surface area contributed by atoms with E-state index in [0.717, 1.165) is 18.6 Å². The predicted molar refractivity (Wildman–Crippen MR) is 73.4 cm³/mol. The van der Waals surface area contributed by atoms with Crippen LogP contribution < -0.4 is 5.32 Å². The number of hydrogen-bond acceptors (Lipinski definition) is 3. The zero-order valence-corrected chi connectivity index (χ0v) is 11.6. The maximum Gasteiger partial charge on any atom is 0.0223 e. The molecule has 2 unspecified atom stereocenters. The number of hydrogen-bond donors (Lipinski definition) is 1. The van der Waals surface area contributed by atoms with Crippen molar-refractivity contribution in [3.8, 4) is 0 Å². The van der Waals surface area contributed by atoms with Crippen LogP contribution in [-0.2, 0) is 0 Å². The second-order valence-corrected chi connectivity index (χ2v) is 5.67. The highest BCUT2D eigenvalue weighted by Crippen LogP contribution is 2.22. The Labute approximate surface area is 107 Å². The van der Waals surface area contributed by atoms with E-state index in [1.54, 1.807) is 0 Å². The smallest absolute Gasteiger partial charge is 0.0223 e.